The van der Waals surface area contributed by atoms with Gasteiger partial charge in [0.05, 0.1) is 6.07 Å². The van der Waals surface area contributed by atoms with E-state index < -0.39 is 0 Å². The number of rotatable bonds is 0. The molecular formula is C11H15N. The zero-order chi connectivity index (χ0) is 9.19. The van der Waals surface area contributed by atoms with Crippen LogP contribution < -0.4 is 0 Å². The van der Waals surface area contributed by atoms with E-state index in [9.17, 15) is 0 Å². The van der Waals surface area contributed by atoms with Crippen LogP contribution in [0.3, 0.4) is 0 Å². The van der Waals surface area contributed by atoms with E-state index in [4.69, 9.17) is 5.26 Å². The summed E-state index contributed by atoms with van der Waals surface area (Å²) in [5, 5.41) is 8.52. The van der Waals surface area contributed by atoms with Gasteiger partial charge < -0.3 is 0 Å². The third-order valence-corrected chi connectivity index (χ3v) is 2.12. The Balaban J connectivity index is 2.90. The predicted octanol–water partition coefficient (Wildman–Crippen LogP) is 3.20. The number of nitriles is 1. The lowest BCUT2D eigenvalue weighted by Gasteiger charge is -2.29. The van der Waals surface area contributed by atoms with Gasteiger partial charge in [0, 0.05) is 6.08 Å². The smallest absolute Gasteiger partial charge is 0.0914 e. The molecule has 1 heteroatoms. The summed E-state index contributed by atoms with van der Waals surface area (Å²) in [6.07, 6.45) is 5.96. The second-order valence-electron chi connectivity index (χ2n) is 4.36. The molecule has 0 aromatic carbocycles. The zero-order valence-corrected chi connectivity index (χ0v) is 8.02. The van der Waals surface area contributed by atoms with E-state index in [0.717, 1.165) is 12.8 Å². The van der Waals surface area contributed by atoms with Gasteiger partial charge in [-0.15, -0.1) is 0 Å². The topological polar surface area (TPSA) is 23.8 Å². The van der Waals surface area contributed by atoms with Gasteiger partial charge in [-0.25, -0.2) is 0 Å². The molecule has 0 aromatic rings. The molecule has 0 spiro atoms. The molecule has 1 rings (SSSR count). The Hall–Kier alpha value is -1.03. The van der Waals surface area contributed by atoms with Crippen LogP contribution in [-0.2, 0) is 0 Å². The van der Waals surface area contributed by atoms with E-state index in [-0.39, 0.29) is 0 Å². The molecule has 0 fully saturated rings. The maximum absolute atomic E-state index is 8.52. The third kappa shape index (κ3) is 2.23. The molecule has 1 nitrogen and oxygen atoms in total. The van der Waals surface area contributed by atoms with Gasteiger partial charge in [0.1, 0.15) is 0 Å². The van der Waals surface area contributed by atoms with Crippen LogP contribution in [0.5, 0.6) is 0 Å². The molecule has 0 radical (unpaired) electrons. The fourth-order valence-electron chi connectivity index (χ4n) is 1.96. The van der Waals surface area contributed by atoms with Crippen molar-refractivity contribution in [2.45, 2.75) is 33.6 Å². The van der Waals surface area contributed by atoms with E-state index >= 15 is 0 Å². The van der Waals surface area contributed by atoms with Crippen molar-refractivity contribution in [3.05, 3.63) is 23.3 Å². The first-order valence-corrected chi connectivity index (χ1v) is 4.29. The Bertz CT molecular complexity index is 274. The molecule has 64 valence electrons. The molecule has 12 heavy (non-hydrogen) atoms. The number of hydrogen-bond donors (Lipinski definition) is 0. The summed E-state index contributed by atoms with van der Waals surface area (Å²) in [6, 6.07) is 2.09. The molecule has 0 saturated heterocycles. The Morgan fingerprint density at radius 1 is 1.50 bits per heavy atom. The van der Waals surface area contributed by atoms with Crippen molar-refractivity contribution in [2.75, 3.05) is 0 Å². The maximum Gasteiger partial charge on any atom is 0.0914 e. The largest absolute Gasteiger partial charge is 0.193 e. The quantitative estimate of drug-likeness (QED) is 0.500. The Kier molecular flexibility index (Phi) is 2.38. The van der Waals surface area contributed by atoms with E-state index in [1.807, 2.05) is 0 Å². The van der Waals surface area contributed by atoms with Gasteiger partial charge in [0.15, 0.2) is 0 Å². The summed E-state index contributed by atoms with van der Waals surface area (Å²) in [6.45, 7) is 6.62. The molecular weight excluding hydrogens is 146 g/mol. The van der Waals surface area contributed by atoms with Gasteiger partial charge in [0.2, 0.25) is 0 Å². The highest BCUT2D eigenvalue weighted by atomic mass is 14.3. The minimum Gasteiger partial charge on any atom is -0.193 e. The van der Waals surface area contributed by atoms with Crippen molar-refractivity contribution in [3.63, 3.8) is 0 Å². The highest BCUT2D eigenvalue weighted by Crippen LogP contribution is 2.37. The summed E-state index contributed by atoms with van der Waals surface area (Å²) in [7, 11) is 0. The Morgan fingerprint density at radius 3 is 2.67 bits per heavy atom. The molecule has 0 bridgehead atoms. The SMILES string of the molecule is CC1=C/C(=C/C#N)CC(C)(C)C1. The summed E-state index contributed by atoms with van der Waals surface area (Å²) in [5.74, 6) is 0. The molecule has 0 N–H and O–H groups in total. The van der Waals surface area contributed by atoms with Crippen LogP contribution in [-0.4, -0.2) is 0 Å². The highest BCUT2D eigenvalue weighted by molar-refractivity contribution is 5.32. The molecule has 0 atom stereocenters. The van der Waals surface area contributed by atoms with E-state index in [1.165, 1.54) is 11.1 Å². The van der Waals surface area contributed by atoms with Crippen LogP contribution in [0.4, 0.5) is 0 Å². The van der Waals surface area contributed by atoms with Crippen molar-refractivity contribution >= 4 is 0 Å². The zero-order valence-electron chi connectivity index (χ0n) is 8.02. The van der Waals surface area contributed by atoms with Gasteiger partial charge in [-0.3, -0.25) is 0 Å². The van der Waals surface area contributed by atoms with Crippen LogP contribution in [0.2, 0.25) is 0 Å². The second-order valence-corrected chi connectivity index (χ2v) is 4.36. The predicted molar refractivity (Wildman–Crippen MR) is 50.5 cm³/mol. The minimum atomic E-state index is 0.335. The first kappa shape index (κ1) is 9.06. The minimum absolute atomic E-state index is 0.335. The monoisotopic (exact) mass is 161 g/mol. The lowest BCUT2D eigenvalue weighted by molar-refractivity contribution is 0.352. The molecule has 0 aromatic heterocycles. The molecule has 1 aliphatic rings. The Labute approximate surface area is 74.4 Å². The van der Waals surface area contributed by atoms with Crippen LogP contribution in [0.1, 0.15) is 33.6 Å². The van der Waals surface area contributed by atoms with Crippen molar-refractivity contribution in [1.82, 2.24) is 0 Å². The molecule has 0 amide bonds. The second kappa shape index (κ2) is 3.15. The number of hydrogen-bond acceptors (Lipinski definition) is 1. The standard InChI is InChI=1S/C11H15N/c1-9-6-10(4-5-12)8-11(2,3)7-9/h4,6H,7-8H2,1-3H3/b10-4-. The lowest BCUT2D eigenvalue weighted by atomic mass is 9.76. The van der Waals surface area contributed by atoms with Gasteiger partial charge >= 0.3 is 0 Å². The molecule has 1 aliphatic carbocycles. The van der Waals surface area contributed by atoms with Crippen molar-refractivity contribution in [3.8, 4) is 6.07 Å². The summed E-state index contributed by atoms with van der Waals surface area (Å²) >= 11 is 0. The normalized spacial score (nSPS) is 24.8. The number of allylic oxidation sites excluding steroid dienone is 4. The highest BCUT2D eigenvalue weighted by Gasteiger charge is 2.23. The third-order valence-electron chi connectivity index (χ3n) is 2.12. The summed E-state index contributed by atoms with van der Waals surface area (Å²) < 4.78 is 0. The number of nitrogens with zero attached hydrogens (tertiary/aromatic N) is 1. The van der Waals surface area contributed by atoms with Gasteiger partial charge in [-0.05, 0) is 30.8 Å². The maximum atomic E-state index is 8.52. The molecule has 0 unspecified atom stereocenters. The molecule has 0 aliphatic heterocycles. The van der Waals surface area contributed by atoms with Crippen molar-refractivity contribution in [1.29, 1.82) is 5.26 Å². The summed E-state index contributed by atoms with van der Waals surface area (Å²) in [4.78, 5) is 0. The van der Waals surface area contributed by atoms with Crippen LogP contribution in [0.25, 0.3) is 0 Å². The lowest BCUT2D eigenvalue weighted by Crippen LogP contribution is -2.16. The Morgan fingerprint density at radius 2 is 2.17 bits per heavy atom. The summed E-state index contributed by atoms with van der Waals surface area (Å²) in [5.41, 5.74) is 2.89. The van der Waals surface area contributed by atoms with Gasteiger partial charge in [-0.1, -0.05) is 25.5 Å². The van der Waals surface area contributed by atoms with E-state index in [2.05, 4.69) is 32.9 Å². The van der Waals surface area contributed by atoms with Crippen molar-refractivity contribution < 1.29 is 0 Å². The van der Waals surface area contributed by atoms with Crippen LogP contribution in [0, 0.1) is 16.7 Å². The molecule has 0 heterocycles. The van der Waals surface area contributed by atoms with Crippen LogP contribution >= 0.6 is 0 Å². The van der Waals surface area contributed by atoms with Gasteiger partial charge in [-0.2, -0.15) is 5.26 Å². The average molecular weight is 161 g/mol. The average Bonchev–Trinajstić information content (AvgIpc) is 1.82. The van der Waals surface area contributed by atoms with E-state index in [1.54, 1.807) is 6.08 Å². The first-order valence-electron chi connectivity index (χ1n) is 4.29. The van der Waals surface area contributed by atoms with E-state index in [0.29, 0.717) is 5.41 Å². The van der Waals surface area contributed by atoms with Crippen LogP contribution in [0.15, 0.2) is 23.3 Å². The van der Waals surface area contributed by atoms with Gasteiger partial charge in [0.25, 0.3) is 0 Å². The molecule has 0 saturated carbocycles. The van der Waals surface area contributed by atoms with Crippen molar-refractivity contribution in [2.24, 2.45) is 5.41 Å². The first-order chi connectivity index (χ1) is 5.53. The fourth-order valence-corrected chi connectivity index (χ4v) is 1.96. The fraction of sp³-hybridized carbons (Fsp3) is 0.545.